The van der Waals surface area contributed by atoms with Crippen LogP contribution in [-0.4, -0.2) is 11.1 Å². The zero-order valence-electron chi connectivity index (χ0n) is 6.79. The van der Waals surface area contributed by atoms with Gasteiger partial charge in [0.2, 0.25) is 0 Å². The summed E-state index contributed by atoms with van der Waals surface area (Å²) < 4.78 is 0. The molecule has 0 aromatic rings. The standard InChI is InChI=1S/C9H12O2/c1-4-7(3)6-8(5-2)9(10)11/h4-6H,1H2,2-3H3,(H,10,11). The zero-order valence-corrected chi connectivity index (χ0v) is 6.79. The van der Waals surface area contributed by atoms with Crippen LogP contribution >= 0.6 is 0 Å². The first kappa shape index (κ1) is 9.69. The summed E-state index contributed by atoms with van der Waals surface area (Å²) in [5, 5.41) is 8.57. The van der Waals surface area contributed by atoms with Crippen molar-refractivity contribution < 1.29 is 9.90 Å². The maximum atomic E-state index is 10.4. The average Bonchev–Trinajstić information content (AvgIpc) is 1.99. The van der Waals surface area contributed by atoms with Crippen LogP contribution in [-0.2, 0) is 4.79 Å². The zero-order chi connectivity index (χ0) is 8.85. The molecule has 0 heterocycles. The van der Waals surface area contributed by atoms with Gasteiger partial charge in [0.25, 0.3) is 0 Å². The van der Waals surface area contributed by atoms with Crippen LogP contribution in [0.3, 0.4) is 0 Å². The van der Waals surface area contributed by atoms with Crippen LogP contribution in [0, 0.1) is 0 Å². The van der Waals surface area contributed by atoms with Gasteiger partial charge in [-0.15, -0.1) is 0 Å². The van der Waals surface area contributed by atoms with Crippen molar-refractivity contribution in [2.45, 2.75) is 13.8 Å². The molecular formula is C9H12O2. The van der Waals surface area contributed by atoms with Crippen molar-refractivity contribution in [1.82, 2.24) is 0 Å². The van der Waals surface area contributed by atoms with Crippen molar-refractivity contribution in [3.8, 4) is 0 Å². The molecule has 0 aliphatic rings. The number of hydrogen-bond donors (Lipinski definition) is 1. The van der Waals surface area contributed by atoms with Crippen molar-refractivity contribution in [3.05, 3.63) is 36.0 Å². The van der Waals surface area contributed by atoms with Crippen molar-refractivity contribution in [2.75, 3.05) is 0 Å². The Morgan fingerprint density at radius 1 is 1.55 bits per heavy atom. The Hall–Kier alpha value is -1.31. The van der Waals surface area contributed by atoms with Crippen molar-refractivity contribution in [3.63, 3.8) is 0 Å². The molecule has 0 saturated carbocycles. The Bertz CT molecular complexity index is 222. The van der Waals surface area contributed by atoms with E-state index in [1.54, 1.807) is 32.1 Å². The van der Waals surface area contributed by atoms with Gasteiger partial charge in [-0.25, -0.2) is 4.79 Å². The fourth-order valence-corrected chi connectivity index (χ4v) is 0.573. The molecule has 0 saturated heterocycles. The third-order valence-corrected chi connectivity index (χ3v) is 1.26. The van der Waals surface area contributed by atoms with Crippen LogP contribution in [0.1, 0.15) is 13.8 Å². The SMILES string of the molecule is C=CC(C)=CC(=CC)C(=O)O. The van der Waals surface area contributed by atoms with Crippen LogP contribution in [0.25, 0.3) is 0 Å². The molecule has 0 amide bonds. The summed E-state index contributed by atoms with van der Waals surface area (Å²) in [5.74, 6) is -0.909. The quantitative estimate of drug-likeness (QED) is 0.497. The second-order valence-electron chi connectivity index (χ2n) is 2.14. The van der Waals surface area contributed by atoms with E-state index in [1.807, 2.05) is 0 Å². The van der Waals surface area contributed by atoms with Crippen molar-refractivity contribution in [1.29, 1.82) is 0 Å². The number of aliphatic carboxylic acids is 1. The third kappa shape index (κ3) is 3.40. The highest BCUT2D eigenvalue weighted by atomic mass is 16.4. The minimum atomic E-state index is -0.909. The summed E-state index contributed by atoms with van der Waals surface area (Å²) in [4.78, 5) is 10.4. The van der Waals surface area contributed by atoms with Gasteiger partial charge >= 0.3 is 5.97 Å². The molecule has 11 heavy (non-hydrogen) atoms. The van der Waals surface area contributed by atoms with Gasteiger partial charge in [0.1, 0.15) is 0 Å². The lowest BCUT2D eigenvalue weighted by atomic mass is 10.1. The van der Waals surface area contributed by atoms with Crippen molar-refractivity contribution in [2.24, 2.45) is 0 Å². The van der Waals surface area contributed by atoms with E-state index in [9.17, 15) is 4.79 Å². The van der Waals surface area contributed by atoms with Gasteiger partial charge in [0.15, 0.2) is 0 Å². The molecule has 0 aromatic carbocycles. The van der Waals surface area contributed by atoms with Gasteiger partial charge in [0.05, 0.1) is 5.57 Å². The summed E-state index contributed by atoms with van der Waals surface area (Å²) >= 11 is 0. The maximum absolute atomic E-state index is 10.4. The topological polar surface area (TPSA) is 37.3 Å². The van der Waals surface area contributed by atoms with E-state index in [1.165, 1.54) is 0 Å². The predicted octanol–water partition coefficient (Wildman–Crippen LogP) is 2.15. The molecule has 0 radical (unpaired) electrons. The Labute approximate surface area is 66.5 Å². The van der Waals surface area contributed by atoms with Gasteiger partial charge in [-0.1, -0.05) is 24.3 Å². The fourth-order valence-electron chi connectivity index (χ4n) is 0.573. The summed E-state index contributed by atoms with van der Waals surface area (Å²) in [6, 6.07) is 0. The molecule has 2 nitrogen and oxygen atoms in total. The molecule has 0 unspecified atom stereocenters. The number of rotatable bonds is 3. The smallest absolute Gasteiger partial charge is 0.335 e. The Morgan fingerprint density at radius 3 is 2.36 bits per heavy atom. The van der Waals surface area contributed by atoms with E-state index in [0.717, 1.165) is 5.57 Å². The first-order chi connectivity index (χ1) is 5.11. The Balaban J connectivity index is 4.57. The number of allylic oxidation sites excluding steroid dienone is 3. The third-order valence-electron chi connectivity index (χ3n) is 1.26. The average molecular weight is 152 g/mol. The van der Waals surface area contributed by atoms with E-state index in [-0.39, 0.29) is 0 Å². The fraction of sp³-hybridized carbons (Fsp3) is 0.222. The molecular weight excluding hydrogens is 140 g/mol. The first-order valence-corrected chi connectivity index (χ1v) is 3.32. The highest BCUT2D eigenvalue weighted by Gasteiger charge is 2.00. The lowest BCUT2D eigenvalue weighted by molar-refractivity contribution is -0.132. The summed E-state index contributed by atoms with van der Waals surface area (Å²) in [6.45, 7) is 7.01. The normalized spacial score (nSPS) is 12.9. The lowest BCUT2D eigenvalue weighted by Crippen LogP contribution is -1.97. The van der Waals surface area contributed by atoms with Gasteiger partial charge < -0.3 is 5.11 Å². The number of carbonyl (C=O) groups is 1. The molecule has 0 rings (SSSR count). The highest BCUT2D eigenvalue weighted by Crippen LogP contribution is 2.02. The molecule has 0 aliphatic heterocycles. The van der Waals surface area contributed by atoms with Gasteiger partial charge in [-0.3, -0.25) is 0 Å². The monoisotopic (exact) mass is 152 g/mol. The summed E-state index contributed by atoms with van der Waals surface area (Å²) in [5.41, 5.74) is 1.14. The van der Waals surface area contributed by atoms with Crippen LogP contribution in [0.5, 0.6) is 0 Å². The Kier molecular flexibility index (Phi) is 3.96. The first-order valence-electron chi connectivity index (χ1n) is 3.32. The molecule has 2 heteroatoms. The maximum Gasteiger partial charge on any atom is 0.335 e. The lowest BCUT2D eigenvalue weighted by Gasteiger charge is -1.93. The van der Waals surface area contributed by atoms with E-state index < -0.39 is 5.97 Å². The van der Waals surface area contributed by atoms with Crippen LogP contribution < -0.4 is 0 Å². The van der Waals surface area contributed by atoms with E-state index in [2.05, 4.69) is 6.58 Å². The molecule has 1 N–H and O–H groups in total. The number of carboxylic acid groups (broad SMARTS) is 1. The van der Waals surface area contributed by atoms with E-state index in [0.29, 0.717) is 5.57 Å². The van der Waals surface area contributed by atoms with Gasteiger partial charge in [0, 0.05) is 0 Å². The van der Waals surface area contributed by atoms with E-state index in [4.69, 9.17) is 5.11 Å². The molecule has 0 atom stereocenters. The molecule has 0 fully saturated rings. The van der Waals surface area contributed by atoms with Crippen LogP contribution in [0.15, 0.2) is 36.0 Å². The molecule has 0 bridgehead atoms. The van der Waals surface area contributed by atoms with Gasteiger partial charge in [-0.05, 0) is 19.9 Å². The molecule has 0 spiro atoms. The second-order valence-corrected chi connectivity index (χ2v) is 2.14. The minimum absolute atomic E-state index is 0.294. The predicted molar refractivity (Wildman–Crippen MR) is 45.3 cm³/mol. The number of carboxylic acids is 1. The minimum Gasteiger partial charge on any atom is -0.478 e. The van der Waals surface area contributed by atoms with Crippen LogP contribution in [0.4, 0.5) is 0 Å². The molecule has 0 aromatic heterocycles. The highest BCUT2D eigenvalue weighted by molar-refractivity contribution is 5.89. The van der Waals surface area contributed by atoms with Gasteiger partial charge in [-0.2, -0.15) is 0 Å². The Morgan fingerprint density at radius 2 is 2.09 bits per heavy atom. The summed E-state index contributed by atoms with van der Waals surface area (Å²) in [6.07, 6.45) is 4.75. The van der Waals surface area contributed by atoms with Crippen molar-refractivity contribution >= 4 is 5.97 Å². The second kappa shape index (κ2) is 4.50. The van der Waals surface area contributed by atoms with E-state index >= 15 is 0 Å². The molecule has 60 valence electrons. The summed E-state index contributed by atoms with van der Waals surface area (Å²) in [7, 11) is 0. The largest absolute Gasteiger partial charge is 0.478 e. The van der Waals surface area contributed by atoms with Crippen LogP contribution in [0.2, 0.25) is 0 Å². The molecule has 0 aliphatic carbocycles. The number of hydrogen-bond acceptors (Lipinski definition) is 1.